The summed E-state index contributed by atoms with van der Waals surface area (Å²) < 4.78 is 11.2. The second-order valence-electron chi connectivity index (χ2n) is 8.33. The van der Waals surface area contributed by atoms with Gasteiger partial charge in [-0.2, -0.15) is 0 Å². The Hall–Kier alpha value is -3.60. The van der Waals surface area contributed by atoms with E-state index in [1.54, 1.807) is 19.2 Å². The Morgan fingerprint density at radius 3 is 2.38 bits per heavy atom. The summed E-state index contributed by atoms with van der Waals surface area (Å²) in [6.45, 7) is 3.62. The van der Waals surface area contributed by atoms with Gasteiger partial charge in [-0.1, -0.05) is 41.9 Å². The van der Waals surface area contributed by atoms with E-state index in [4.69, 9.17) is 31.3 Å². The predicted molar refractivity (Wildman–Crippen MR) is 141 cm³/mol. The fourth-order valence-electron chi connectivity index (χ4n) is 3.57. The van der Waals surface area contributed by atoms with Gasteiger partial charge in [-0.05, 0) is 11.6 Å². The first-order chi connectivity index (χ1) is 17.6. The average molecular weight is 534 g/mol. The Morgan fingerprint density at radius 2 is 1.81 bits per heavy atom. The molecule has 3 rings (SSSR count). The number of carbonyl (C=O) groups is 3. The van der Waals surface area contributed by atoms with Crippen LogP contribution < -0.4 is 15.0 Å². The molecular formula is C26H32ClN3O7. The molecule has 1 atom stereocenters. The second-order valence-corrected chi connectivity index (χ2v) is 8.74. The largest absolute Gasteiger partial charge is 0.496 e. The fraction of sp³-hybridized carbons (Fsp3) is 0.346. The first kappa shape index (κ1) is 29.6. The van der Waals surface area contributed by atoms with Gasteiger partial charge in [0.2, 0.25) is 0 Å². The van der Waals surface area contributed by atoms with E-state index < -0.39 is 11.9 Å². The molecule has 1 heterocycles. The summed E-state index contributed by atoms with van der Waals surface area (Å²) in [5.41, 5.74) is 2.49. The molecule has 0 bridgehead atoms. The summed E-state index contributed by atoms with van der Waals surface area (Å²) in [6.07, 6.45) is 1.06. The van der Waals surface area contributed by atoms with E-state index in [1.807, 2.05) is 37.2 Å². The number of amides is 1. The third-order valence-electron chi connectivity index (χ3n) is 5.33. The SMILES string of the molecule is COc1cc(N(C)C)c(Cl)cc1C(=O)NCC1CN(Cc2ccccc2)CCO1.O=C(O)/C=C/C(=O)O. The number of morpholine rings is 1. The number of carbonyl (C=O) groups excluding carboxylic acids is 1. The molecule has 10 nitrogen and oxygen atoms in total. The maximum absolute atomic E-state index is 12.7. The minimum absolute atomic E-state index is 0.0565. The van der Waals surface area contributed by atoms with E-state index in [-0.39, 0.29) is 12.0 Å². The van der Waals surface area contributed by atoms with Crippen LogP contribution in [-0.2, 0) is 20.9 Å². The van der Waals surface area contributed by atoms with Gasteiger partial charge in [-0.25, -0.2) is 9.59 Å². The number of rotatable bonds is 9. The highest BCUT2D eigenvalue weighted by atomic mass is 35.5. The summed E-state index contributed by atoms with van der Waals surface area (Å²) in [6, 6.07) is 13.8. The van der Waals surface area contributed by atoms with Crippen LogP contribution in [0.4, 0.5) is 5.69 Å². The van der Waals surface area contributed by atoms with Crippen molar-refractivity contribution >= 4 is 35.1 Å². The monoisotopic (exact) mass is 533 g/mol. The molecule has 0 aromatic heterocycles. The first-order valence-corrected chi connectivity index (χ1v) is 11.8. The molecule has 1 aliphatic heterocycles. The number of halogens is 1. The van der Waals surface area contributed by atoms with Crippen LogP contribution in [0.3, 0.4) is 0 Å². The van der Waals surface area contributed by atoms with E-state index in [9.17, 15) is 14.4 Å². The Labute approximate surface area is 221 Å². The van der Waals surface area contributed by atoms with Crippen LogP contribution in [-0.4, -0.2) is 86.5 Å². The van der Waals surface area contributed by atoms with Crippen molar-refractivity contribution < 1.29 is 34.1 Å². The highest BCUT2D eigenvalue weighted by molar-refractivity contribution is 6.33. The highest BCUT2D eigenvalue weighted by Gasteiger charge is 2.23. The Morgan fingerprint density at radius 1 is 1.16 bits per heavy atom. The van der Waals surface area contributed by atoms with Gasteiger partial charge in [0, 0.05) is 58.5 Å². The zero-order valence-corrected chi connectivity index (χ0v) is 21.8. The van der Waals surface area contributed by atoms with Gasteiger partial charge in [0.15, 0.2) is 0 Å². The van der Waals surface area contributed by atoms with Gasteiger partial charge >= 0.3 is 11.9 Å². The van der Waals surface area contributed by atoms with Crippen LogP contribution in [0, 0.1) is 0 Å². The van der Waals surface area contributed by atoms with Crippen molar-refractivity contribution in [2.24, 2.45) is 0 Å². The molecule has 1 saturated heterocycles. The van der Waals surface area contributed by atoms with Gasteiger partial charge in [-0.3, -0.25) is 9.69 Å². The van der Waals surface area contributed by atoms with Crippen LogP contribution in [0.15, 0.2) is 54.6 Å². The quantitative estimate of drug-likeness (QED) is 0.417. The zero-order valence-electron chi connectivity index (χ0n) is 21.0. The lowest BCUT2D eigenvalue weighted by Crippen LogP contribution is -2.47. The van der Waals surface area contributed by atoms with Crippen molar-refractivity contribution in [3.8, 4) is 5.75 Å². The molecule has 3 N–H and O–H groups in total. The van der Waals surface area contributed by atoms with Gasteiger partial charge in [0.25, 0.3) is 5.91 Å². The maximum atomic E-state index is 12.7. The normalized spacial score (nSPS) is 15.4. The lowest BCUT2D eigenvalue weighted by molar-refractivity contribution is -0.134. The third-order valence-corrected chi connectivity index (χ3v) is 5.63. The molecule has 1 amide bonds. The fourth-order valence-corrected chi connectivity index (χ4v) is 3.90. The van der Waals surface area contributed by atoms with Crippen molar-refractivity contribution in [2.75, 3.05) is 52.3 Å². The Bertz CT molecular complexity index is 1080. The molecule has 2 aromatic carbocycles. The molecule has 0 aliphatic carbocycles. The molecule has 1 unspecified atom stereocenters. The summed E-state index contributed by atoms with van der Waals surface area (Å²) in [5, 5.41) is 19.1. The van der Waals surface area contributed by atoms with Crippen LogP contribution in [0.5, 0.6) is 5.75 Å². The molecule has 0 saturated carbocycles. The number of nitrogens with one attached hydrogen (secondary N) is 1. The van der Waals surface area contributed by atoms with Crippen molar-refractivity contribution in [2.45, 2.75) is 12.6 Å². The number of benzene rings is 2. The summed E-state index contributed by atoms with van der Waals surface area (Å²) in [7, 11) is 5.33. The molecule has 1 fully saturated rings. The second kappa shape index (κ2) is 14.8. The lowest BCUT2D eigenvalue weighted by Gasteiger charge is -2.33. The number of hydrogen-bond donors (Lipinski definition) is 3. The summed E-state index contributed by atoms with van der Waals surface area (Å²) >= 11 is 6.33. The smallest absolute Gasteiger partial charge is 0.328 e. The molecular weight excluding hydrogens is 502 g/mol. The Kier molecular flexibility index (Phi) is 11.9. The topological polar surface area (TPSA) is 129 Å². The van der Waals surface area contributed by atoms with E-state index >= 15 is 0 Å². The van der Waals surface area contributed by atoms with E-state index in [0.29, 0.717) is 41.6 Å². The molecule has 11 heteroatoms. The molecule has 0 spiro atoms. The van der Waals surface area contributed by atoms with Gasteiger partial charge in [0.1, 0.15) is 5.75 Å². The summed E-state index contributed by atoms with van der Waals surface area (Å²) in [4.78, 5) is 36.1. The molecule has 37 heavy (non-hydrogen) atoms. The van der Waals surface area contributed by atoms with Gasteiger partial charge in [0.05, 0.1) is 36.1 Å². The van der Waals surface area contributed by atoms with Crippen LogP contribution in [0.1, 0.15) is 15.9 Å². The van der Waals surface area contributed by atoms with E-state index in [0.717, 1.165) is 25.3 Å². The van der Waals surface area contributed by atoms with Crippen LogP contribution in [0.2, 0.25) is 5.02 Å². The number of ether oxygens (including phenoxy) is 2. The van der Waals surface area contributed by atoms with Crippen LogP contribution in [0.25, 0.3) is 0 Å². The number of carboxylic acid groups (broad SMARTS) is 2. The number of methoxy groups -OCH3 is 1. The van der Waals surface area contributed by atoms with Crippen molar-refractivity contribution in [3.63, 3.8) is 0 Å². The number of hydrogen-bond acceptors (Lipinski definition) is 7. The number of carboxylic acids is 2. The minimum atomic E-state index is -1.26. The number of aliphatic carboxylic acids is 2. The van der Waals surface area contributed by atoms with E-state index in [1.165, 1.54) is 5.56 Å². The van der Waals surface area contributed by atoms with Crippen LogP contribution >= 0.6 is 11.6 Å². The predicted octanol–water partition coefficient (Wildman–Crippen LogP) is 2.76. The number of anilines is 1. The molecule has 2 aromatic rings. The van der Waals surface area contributed by atoms with Crippen molar-refractivity contribution in [1.82, 2.24) is 10.2 Å². The van der Waals surface area contributed by atoms with Crippen molar-refractivity contribution in [1.29, 1.82) is 0 Å². The lowest BCUT2D eigenvalue weighted by atomic mass is 10.1. The molecule has 1 aliphatic rings. The average Bonchev–Trinajstić information content (AvgIpc) is 2.87. The minimum Gasteiger partial charge on any atom is -0.496 e. The Balaban J connectivity index is 0.000000521. The maximum Gasteiger partial charge on any atom is 0.328 e. The van der Waals surface area contributed by atoms with Gasteiger partial charge in [-0.15, -0.1) is 0 Å². The highest BCUT2D eigenvalue weighted by Crippen LogP contribution is 2.32. The first-order valence-electron chi connectivity index (χ1n) is 11.5. The zero-order chi connectivity index (χ0) is 27.4. The molecule has 0 radical (unpaired) electrons. The number of nitrogens with zero attached hydrogens (tertiary/aromatic N) is 2. The summed E-state index contributed by atoms with van der Waals surface area (Å²) in [5.74, 6) is -2.25. The van der Waals surface area contributed by atoms with Crippen molar-refractivity contribution in [3.05, 3.63) is 70.8 Å². The van der Waals surface area contributed by atoms with E-state index in [2.05, 4.69) is 22.3 Å². The van der Waals surface area contributed by atoms with Gasteiger partial charge < -0.3 is 29.9 Å². The molecule has 200 valence electrons. The standard InChI is InChI=1S/C22H28ClN3O3.C4H4O4/c1-25(2)20-12-21(28-3)18(11-19(20)23)22(27)24-13-17-15-26(9-10-29-17)14-16-7-5-4-6-8-16;5-3(6)1-2-4(7)8/h4-8,11-12,17H,9-10,13-15H2,1-3H3,(H,24,27);1-2H,(H,5,6)(H,7,8)/b;2-1+. The third kappa shape index (κ3) is 10.1.